The van der Waals surface area contributed by atoms with Crippen LogP contribution in [0.4, 0.5) is 0 Å². The van der Waals surface area contributed by atoms with Crippen LogP contribution in [0.25, 0.3) is 11.0 Å². The van der Waals surface area contributed by atoms with E-state index in [1.165, 1.54) is 0 Å². The maximum Gasteiger partial charge on any atom is 0.279 e. The molecule has 1 aromatic heterocycles. The Bertz CT molecular complexity index is 568. The van der Waals surface area contributed by atoms with E-state index < -0.39 is 0 Å². The van der Waals surface area contributed by atoms with Crippen molar-refractivity contribution in [3.63, 3.8) is 0 Å². The number of rotatable bonds is 3. The molecule has 1 aromatic carbocycles. The van der Waals surface area contributed by atoms with E-state index in [0.717, 1.165) is 37.0 Å². The average Bonchev–Trinajstić information content (AvgIpc) is 2.47. The van der Waals surface area contributed by atoms with Gasteiger partial charge in [-0.1, -0.05) is 12.1 Å². The highest BCUT2D eigenvalue weighted by Gasteiger charge is 2.18. The monoisotopic (exact) mass is 259 g/mol. The fraction of sp³-hybridized carbons (Fsp3) is 0.429. The van der Waals surface area contributed by atoms with E-state index in [9.17, 15) is 0 Å². The number of fused-ring (bicyclic) bond motifs is 1. The van der Waals surface area contributed by atoms with E-state index in [0.29, 0.717) is 11.8 Å². The number of piperidine rings is 1. The molecule has 2 heterocycles. The van der Waals surface area contributed by atoms with Crippen molar-refractivity contribution >= 4 is 11.0 Å². The molecule has 1 atom stereocenters. The lowest BCUT2D eigenvalue weighted by molar-refractivity contribution is 0.153. The Kier molecular flexibility index (Phi) is 3.46. The van der Waals surface area contributed by atoms with Gasteiger partial charge in [-0.25, -0.2) is 9.97 Å². The van der Waals surface area contributed by atoms with Crippen LogP contribution in [-0.2, 0) is 0 Å². The van der Waals surface area contributed by atoms with Crippen molar-refractivity contribution in [3.8, 4) is 11.8 Å². The zero-order valence-corrected chi connectivity index (χ0v) is 10.9. The third-order valence-corrected chi connectivity index (χ3v) is 3.23. The molecule has 0 unspecified atom stereocenters. The molecule has 100 valence electrons. The molecule has 0 bridgehead atoms. The number of para-hydroxylation sites is 2. The van der Waals surface area contributed by atoms with E-state index in [1.807, 2.05) is 24.3 Å². The van der Waals surface area contributed by atoms with E-state index >= 15 is 0 Å². The lowest BCUT2D eigenvalue weighted by Gasteiger charge is -2.23. The van der Waals surface area contributed by atoms with Crippen molar-refractivity contribution < 1.29 is 9.47 Å². The van der Waals surface area contributed by atoms with Crippen molar-refractivity contribution in [2.75, 3.05) is 20.2 Å². The van der Waals surface area contributed by atoms with Crippen molar-refractivity contribution in [1.29, 1.82) is 0 Å². The molecule has 0 saturated carbocycles. The Labute approximate surface area is 112 Å². The third-order valence-electron chi connectivity index (χ3n) is 3.23. The average molecular weight is 259 g/mol. The fourth-order valence-corrected chi connectivity index (χ4v) is 2.26. The second-order valence-electron chi connectivity index (χ2n) is 4.61. The topological polar surface area (TPSA) is 56.3 Å². The number of hydrogen-bond acceptors (Lipinski definition) is 5. The molecule has 1 aliphatic rings. The van der Waals surface area contributed by atoms with Crippen LogP contribution in [0, 0.1) is 0 Å². The third kappa shape index (κ3) is 2.61. The summed E-state index contributed by atoms with van der Waals surface area (Å²) in [5.41, 5.74) is 1.63. The summed E-state index contributed by atoms with van der Waals surface area (Å²) >= 11 is 0. The molecular weight excluding hydrogens is 242 g/mol. The summed E-state index contributed by atoms with van der Waals surface area (Å²) in [4.78, 5) is 8.93. The molecule has 0 spiro atoms. The first kappa shape index (κ1) is 12.2. The Morgan fingerprint density at radius 3 is 2.53 bits per heavy atom. The second kappa shape index (κ2) is 5.40. The molecule has 1 N–H and O–H groups in total. The molecule has 0 aliphatic carbocycles. The lowest BCUT2D eigenvalue weighted by atomic mass is 10.1. The molecule has 5 heteroatoms. The van der Waals surface area contributed by atoms with Crippen LogP contribution < -0.4 is 14.8 Å². The Balaban J connectivity index is 1.91. The van der Waals surface area contributed by atoms with Gasteiger partial charge in [-0.2, -0.15) is 0 Å². The number of hydrogen-bond donors (Lipinski definition) is 1. The maximum atomic E-state index is 5.92. The predicted octanol–water partition coefficient (Wildman–Crippen LogP) is 1.77. The zero-order chi connectivity index (χ0) is 13.1. The van der Waals surface area contributed by atoms with Crippen LogP contribution in [0.1, 0.15) is 12.8 Å². The van der Waals surface area contributed by atoms with E-state index in [1.54, 1.807) is 7.11 Å². The molecule has 5 nitrogen and oxygen atoms in total. The summed E-state index contributed by atoms with van der Waals surface area (Å²) in [5.74, 6) is 0.930. The smallest absolute Gasteiger partial charge is 0.279 e. The van der Waals surface area contributed by atoms with E-state index in [-0.39, 0.29) is 6.10 Å². The summed E-state index contributed by atoms with van der Waals surface area (Å²) in [6, 6.07) is 7.71. The first-order valence-electron chi connectivity index (χ1n) is 6.55. The van der Waals surface area contributed by atoms with Gasteiger partial charge in [-0.15, -0.1) is 0 Å². The largest absolute Gasteiger partial charge is 0.477 e. The normalized spacial score (nSPS) is 19.3. The molecule has 0 radical (unpaired) electrons. The maximum absolute atomic E-state index is 5.92. The van der Waals surface area contributed by atoms with Gasteiger partial charge in [0.25, 0.3) is 11.8 Å². The van der Waals surface area contributed by atoms with Crippen LogP contribution >= 0.6 is 0 Å². The molecule has 0 amide bonds. The van der Waals surface area contributed by atoms with Gasteiger partial charge < -0.3 is 14.8 Å². The van der Waals surface area contributed by atoms with Gasteiger partial charge in [0, 0.05) is 6.54 Å². The highest BCUT2D eigenvalue weighted by Crippen LogP contribution is 2.26. The van der Waals surface area contributed by atoms with Gasteiger partial charge in [0.2, 0.25) is 0 Å². The highest BCUT2D eigenvalue weighted by atomic mass is 16.5. The number of methoxy groups -OCH3 is 1. The van der Waals surface area contributed by atoms with Crippen molar-refractivity contribution in [1.82, 2.24) is 15.3 Å². The standard InChI is InChI=1S/C14H17N3O2/c1-18-13-14(19-10-5-4-8-15-9-10)17-12-7-3-2-6-11(12)16-13/h2-3,6-7,10,15H,4-5,8-9H2,1H3/t10-/m0/s1. The predicted molar refractivity (Wildman–Crippen MR) is 72.6 cm³/mol. The van der Waals surface area contributed by atoms with Gasteiger partial charge in [-0.05, 0) is 31.5 Å². The van der Waals surface area contributed by atoms with E-state index in [2.05, 4.69) is 15.3 Å². The van der Waals surface area contributed by atoms with Gasteiger partial charge >= 0.3 is 0 Å². The van der Waals surface area contributed by atoms with E-state index in [4.69, 9.17) is 9.47 Å². The fourth-order valence-electron chi connectivity index (χ4n) is 2.26. The van der Waals surface area contributed by atoms with Crippen LogP contribution in [0.5, 0.6) is 11.8 Å². The SMILES string of the molecule is COc1nc2ccccc2nc1O[C@H]1CCCNC1. The van der Waals surface area contributed by atoms with Crippen LogP contribution in [0.15, 0.2) is 24.3 Å². The zero-order valence-electron chi connectivity index (χ0n) is 10.9. The quantitative estimate of drug-likeness (QED) is 0.910. The molecule has 2 aromatic rings. The molecule has 1 aliphatic heterocycles. The molecule has 19 heavy (non-hydrogen) atoms. The summed E-state index contributed by atoms with van der Waals surface area (Å²) in [5, 5.41) is 3.32. The van der Waals surface area contributed by atoms with Crippen LogP contribution in [0.3, 0.4) is 0 Å². The number of nitrogens with zero attached hydrogens (tertiary/aromatic N) is 2. The van der Waals surface area contributed by atoms with Crippen LogP contribution in [0.2, 0.25) is 0 Å². The summed E-state index contributed by atoms with van der Waals surface area (Å²) in [6.07, 6.45) is 2.29. The second-order valence-corrected chi connectivity index (χ2v) is 4.61. The lowest BCUT2D eigenvalue weighted by Crippen LogP contribution is -2.37. The molecule has 1 fully saturated rings. The summed E-state index contributed by atoms with van der Waals surface area (Å²) < 4.78 is 11.2. The Morgan fingerprint density at radius 2 is 1.89 bits per heavy atom. The Morgan fingerprint density at radius 1 is 1.16 bits per heavy atom. The minimum atomic E-state index is 0.137. The van der Waals surface area contributed by atoms with Crippen molar-refractivity contribution in [2.45, 2.75) is 18.9 Å². The van der Waals surface area contributed by atoms with Gasteiger partial charge in [0.05, 0.1) is 18.1 Å². The number of nitrogens with one attached hydrogen (secondary N) is 1. The minimum absolute atomic E-state index is 0.137. The first-order valence-corrected chi connectivity index (χ1v) is 6.55. The molecule has 3 rings (SSSR count). The van der Waals surface area contributed by atoms with Crippen molar-refractivity contribution in [2.24, 2.45) is 0 Å². The highest BCUT2D eigenvalue weighted by molar-refractivity contribution is 5.75. The number of aromatic nitrogens is 2. The Hall–Kier alpha value is -1.88. The minimum Gasteiger partial charge on any atom is -0.477 e. The molecular formula is C14H17N3O2. The van der Waals surface area contributed by atoms with Crippen molar-refractivity contribution in [3.05, 3.63) is 24.3 Å². The molecule has 1 saturated heterocycles. The first-order chi connectivity index (χ1) is 9.36. The number of ether oxygens (including phenoxy) is 2. The summed E-state index contributed by atoms with van der Waals surface area (Å²) in [6.45, 7) is 1.90. The van der Waals surface area contributed by atoms with Gasteiger partial charge in [0.15, 0.2) is 0 Å². The summed E-state index contributed by atoms with van der Waals surface area (Å²) in [7, 11) is 1.59. The number of benzene rings is 1. The van der Waals surface area contributed by atoms with Gasteiger partial charge in [-0.3, -0.25) is 0 Å². The van der Waals surface area contributed by atoms with Crippen LogP contribution in [-0.4, -0.2) is 36.3 Å². The van der Waals surface area contributed by atoms with Gasteiger partial charge in [0.1, 0.15) is 6.10 Å².